The van der Waals surface area contributed by atoms with E-state index in [-0.39, 0.29) is 5.92 Å². The Morgan fingerprint density at radius 1 is 1.39 bits per heavy atom. The molecule has 1 heterocycles. The first kappa shape index (κ1) is 13.1. The van der Waals surface area contributed by atoms with Gasteiger partial charge in [-0.1, -0.05) is 38.5 Å². The molecule has 0 aliphatic heterocycles. The van der Waals surface area contributed by atoms with Crippen molar-refractivity contribution in [3.05, 3.63) is 30.0 Å². The van der Waals surface area contributed by atoms with Gasteiger partial charge >= 0.3 is 0 Å². The third-order valence-electron chi connectivity index (χ3n) is 4.03. The highest BCUT2D eigenvalue weighted by Crippen LogP contribution is 2.27. The van der Waals surface area contributed by atoms with Crippen LogP contribution in [0.5, 0.6) is 0 Å². The van der Waals surface area contributed by atoms with E-state index in [9.17, 15) is 5.11 Å². The maximum atomic E-state index is 10.6. The van der Waals surface area contributed by atoms with E-state index in [1.807, 2.05) is 30.8 Å². The Morgan fingerprint density at radius 3 is 2.72 bits per heavy atom. The van der Waals surface area contributed by atoms with E-state index in [0.29, 0.717) is 6.42 Å². The first-order chi connectivity index (χ1) is 8.45. The summed E-state index contributed by atoms with van der Waals surface area (Å²) in [6.07, 6.45) is 1.57. The molecule has 0 fully saturated rings. The van der Waals surface area contributed by atoms with Crippen molar-refractivity contribution < 1.29 is 5.11 Å². The average Bonchev–Trinajstić information content (AvgIpc) is 2.65. The zero-order valence-corrected chi connectivity index (χ0v) is 11.6. The highest BCUT2D eigenvalue weighted by atomic mass is 16.3. The van der Waals surface area contributed by atoms with Crippen LogP contribution in [0.25, 0.3) is 10.9 Å². The van der Waals surface area contributed by atoms with E-state index in [0.717, 1.165) is 23.0 Å². The zero-order valence-electron chi connectivity index (χ0n) is 11.6. The van der Waals surface area contributed by atoms with Crippen molar-refractivity contribution in [2.24, 2.45) is 13.0 Å². The van der Waals surface area contributed by atoms with Crippen LogP contribution in [0, 0.1) is 5.92 Å². The maximum Gasteiger partial charge on any atom is 0.0731 e. The van der Waals surface area contributed by atoms with E-state index in [1.54, 1.807) is 0 Å². The summed E-state index contributed by atoms with van der Waals surface area (Å²) in [5.74, 6) is 0.262. The number of fused-ring (bicyclic) bond motifs is 1. The predicted molar refractivity (Wildman–Crippen MR) is 74.5 cm³/mol. The molecule has 1 aromatic carbocycles. The monoisotopic (exact) mass is 246 g/mol. The second-order valence-corrected chi connectivity index (χ2v) is 5.43. The molecule has 2 aromatic rings. The summed E-state index contributed by atoms with van der Waals surface area (Å²) in [6, 6.07) is 8.17. The Kier molecular flexibility index (Phi) is 3.44. The molecule has 1 aromatic heterocycles. The van der Waals surface area contributed by atoms with Crippen LogP contribution in [-0.2, 0) is 13.5 Å². The van der Waals surface area contributed by atoms with Gasteiger partial charge in [0.25, 0.3) is 0 Å². The van der Waals surface area contributed by atoms with E-state index in [1.165, 1.54) is 0 Å². The summed E-state index contributed by atoms with van der Waals surface area (Å²) in [5.41, 5.74) is 1.40. The number of aliphatic hydroxyl groups is 1. The van der Waals surface area contributed by atoms with Crippen LogP contribution in [-0.4, -0.2) is 20.5 Å². The van der Waals surface area contributed by atoms with Crippen LogP contribution in [0.4, 0.5) is 0 Å². The predicted octanol–water partition coefficient (Wildman–Crippen LogP) is 2.91. The number of rotatable bonds is 4. The molecular weight excluding hydrogens is 224 g/mol. The van der Waals surface area contributed by atoms with E-state index in [4.69, 9.17) is 0 Å². The molecule has 0 saturated carbocycles. The van der Waals surface area contributed by atoms with Crippen LogP contribution in [0.2, 0.25) is 0 Å². The molecule has 0 saturated heterocycles. The van der Waals surface area contributed by atoms with Gasteiger partial charge in [0.05, 0.1) is 16.8 Å². The SMILES string of the molecule is CCC(C)C(C)(O)Cc1nn(C)c2ccccc12. The summed E-state index contributed by atoms with van der Waals surface area (Å²) in [6.45, 7) is 6.10. The summed E-state index contributed by atoms with van der Waals surface area (Å²) >= 11 is 0. The van der Waals surface area contributed by atoms with Gasteiger partial charge in [-0.2, -0.15) is 5.10 Å². The van der Waals surface area contributed by atoms with Gasteiger partial charge in [-0.3, -0.25) is 4.68 Å². The Hall–Kier alpha value is -1.35. The molecule has 98 valence electrons. The van der Waals surface area contributed by atoms with E-state index >= 15 is 0 Å². The minimum atomic E-state index is -0.703. The number of para-hydroxylation sites is 1. The van der Waals surface area contributed by atoms with Crippen LogP contribution >= 0.6 is 0 Å². The normalized spacial score (nSPS) is 16.7. The molecule has 2 unspecified atom stereocenters. The van der Waals surface area contributed by atoms with Crippen LogP contribution in [0.15, 0.2) is 24.3 Å². The van der Waals surface area contributed by atoms with Gasteiger partial charge in [0.2, 0.25) is 0 Å². The molecule has 2 rings (SSSR count). The number of hydrogen-bond acceptors (Lipinski definition) is 2. The fourth-order valence-electron chi connectivity index (χ4n) is 2.37. The standard InChI is InChI=1S/C15H22N2O/c1-5-11(2)15(3,18)10-13-12-8-6-7-9-14(12)17(4)16-13/h6-9,11,18H,5,10H2,1-4H3. The third-order valence-corrected chi connectivity index (χ3v) is 4.03. The van der Waals surface area contributed by atoms with Gasteiger partial charge < -0.3 is 5.11 Å². The van der Waals surface area contributed by atoms with Crippen molar-refractivity contribution in [1.29, 1.82) is 0 Å². The minimum Gasteiger partial charge on any atom is -0.389 e. The molecule has 3 nitrogen and oxygen atoms in total. The van der Waals surface area contributed by atoms with Crippen LogP contribution in [0.1, 0.15) is 32.9 Å². The quantitative estimate of drug-likeness (QED) is 0.900. The molecule has 0 aliphatic carbocycles. The molecule has 0 bridgehead atoms. The Bertz CT molecular complexity index is 542. The van der Waals surface area contributed by atoms with Gasteiger partial charge in [-0.15, -0.1) is 0 Å². The molecule has 2 atom stereocenters. The number of aromatic nitrogens is 2. The Morgan fingerprint density at radius 2 is 2.06 bits per heavy atom. The van der Waals surface area contributed by atoms with Gasteiger partial charge in [0.1, 0.15) is 0 Å². The van der Waals surface area contributed by atoms with Gasteiger partial charge in [0, 0.05) is 18.9 Å². The minimum absolute atomic E-state index is 0.262. The summed E-state index contributed by atoms with van der Waals surface area (Å²) < 4.78 is 1.89. The fourth-order valence-corrected chi connectivity index (χ4v) is 2.37. The first-order valence-corrected chi connectivity index (χ1v) is 6.58. The number of benzene rings is 1. The van der Waals surface area contributed by atoms with Gasteiger partial charge in [0.15, 0.2) is 0 Å². The fraction of sp³-hybridized carbons (Fsp3) is 0.533. The van der Waals surface area contributed by atoms with E-state index in [2.05, 4.69) is 31.1 Å². The van der Waals surface area contributed by atoms with Crippen molar-refractivity contribution in [2.75, 3.05) is 0 Å². The number of aryl methyl sites for hydroxylation is 1. The van der Waals surface area contributed by atoms with Gasteiger partial charge in [-0.05, 0) is 18.9 Å². The molecule has 0 amide bonds. The van der Waals surface area contributed by atoms with Crippen molar-refractivity contribution in [1.82, 2.24) is 9.78 Å². The lowest BCUT2D eigenvalue weighted by atomic mass is 9.84. The van der Waals surface area contributed by atoms with Crippen LogP contribution in [0.3, 0.4) is 0 Å². The second-order valence-electron chi connectivity index (χ2n) is 5.43. The topological polar surface area (TPSA) is 38.1 Å². The second kappa shape index (κ2) is 4.73. The largest absolute Gasteiger partial charge is 0.389 e. The Balaban J connectivity index is 2.38. The van der Waals surface area contributed by atoms with Crippen molar-refractivity contribution in [3.63, 3.8) is 0 Å². The molecule has 3 heteroatoms. The lowest BCUT2D eigenvalue weighted by Crippen LogP contribution is -2.35. The maximum absolute atomic E-state index is 10.6. The highest BCUT2D eigenvalue weighted by molar-refractivity contribution is 5.81. The highest BCUT2D eigenvalue weighted by Gasteiger charge is 2.29. The van der Waals surface area contributed by atoms with Crippen molar-refractivity contribution >= 4 is 10.9 Å². The van der Waals surface area contributed by atoms with Crippen molar-refractivity contribution in [3.8, 4) is 0 Å². The van der Waals surface area contributed by atoms with E-state index < -0.39 is 5.60 Å². The lowest BCUT2D eigenvalue weighted by Gasteiger charge is -2.29. The molecule has 18 heavy (non-hydrogen) atoms. The summed E-state index contributed by atoms with van der Waals surface area (Å²) in [7, 11) is 1.95. The number of nitrogens with zero attached hydrogens (tertiary/aromatic N) is 2. The van der Waals surface area contributed by atoms with Gasteiger partial charge in [-0.25, -0.2) is 0 Å². The molecule has 0 aliphatic rings. The average molecular weight is 246 g/mol. The molecule has 0 spiro atoms. The Labute approximate surface area is 108 Å². The summed E-state index contributed by atoms with van der Waals surface area (Å²) in [5, 5.41) is 16.2. The number of hydrogen-bond donors (Lipinski definition) is 1. The van der Waals surface area contributed by atoms with Crippen LogP contribution < -0.4 is 0 Å². The summed E-state index contributed by atoms with van der Waals surface area (Å²) in [4.78, 5) is 0. The molecule has 1 N–H and O–H groups in total. The third kappa shape index (κ3) is 2.27. The first-order valence-electron chi connectivity index (χ1n) is 6.58. The molecular formula is C15H22N2O. The molecule has 0 radical (unpaired) electrons. The lowest BCUT2D eigenvalue weighted by molar-refractivity contribution is 0.00451. The smallest absolute Gasteiger partial charge is 0.0731 e. The zero-order chi connectivity index (χ0) is 13.3. The van der Waals surface area contributed by atoms with Crippen molar-refractivity contribution in [2.45, 2.75) is 39.2 Å².